The van der Waals surface area contributed by atoms with Crippen LogP contribution in [0.15, 0.2) is 48.7 Å². The van der Waals surface area contributed by atoms with Crippen molar-refractivity contribution in [3.8, 4) is 17.0 Å². The molecule has 166 valence electrons. The van der Waals surface area contributed by atoms with Gasteiger partial charge in [0.05, 0.1) is 28.9 Å². The van der Waals surface area contributed by atoms with Crippen LogP contribution in [0.4, 0.5) is 5.95 Å². The van der Waals surface area contributed by atoms with Crippen LogP contribution in [0.2, 0.25) is 0 Å². The summed E-state index contributed by atoms with van der Waals surface area (Å²) >= 11 is 1.69. The monoisotopic (exact) mass is 457 g/mol. The number of nitrogens with zero attached hydrogens (tertiary/aromatic N) is 3. The van der Waals surface area contributed by atoms with Gasteiger partial charge in [0, 0.05) is 23.7 Å². The Labute approximate surface area is 195 Å². The molecule has 0 spiro atoms. The zero-order valence-corrected chi connectivity index (χ0v) is 18.8. The summed E-state index contributed by atoms with van der Waals surface area (Å²) in [6.45, 7) is 0.601. The average Bonchev–Trinajstić information content (AvgIpc) is 3.52. The van der Waals surface area contributed by atoms with E-state index < -0.39 is 0 Å². The number of benzene rings is 2. The lowest BCUT2D eigenvalue weighted by Gasteiger charge is -2.24. The summed E-state index contributed by atoms with van der Waals surface area (Å²) < 4.78 is 7.17. The number of hydrogen-bond donors (Lipinski definition) is 2. The third kappa shape index (κ3) is 4.26. The van der Waals surface area contributed by atoms with E-state index in [1.54, 1.807) is 17.5 Å². The molecule has 3 N–H and O–H groups in total. The van der Waals surface area contributed by atoms with Crippen LogP contribution >= 0.6 is 11.3 Å². The van der Waals surface area contributed by atoms with Gasteiger partial charge in [-0.25, -0.2) is 15.0 Å². The molecule has 1 atom stereocenters. The van der Waals surface area contributed by atoms with Crippen molar-refractivity contribution < 1.29 is 9.53 Å². The van der Waals surface area contributed by atoms with Gasteiger partial charge in [0.25, 0.3) is 0 Å². The van der Waals surface area contributed by atoms with E-state index in [1.165, 1.54) is 0 Å². The summed E-state index contributed by atoms with van der Waals surface area (Å²) in [6, 6.07) is 14.5. The Bertz CT molecular complexity index is 1360. The van der Waals surface area contributed by atoms with Gasteiger partial charge in [-0.15, -0.1) is 11.3 Å². The van der Waals surface area contributed by atoms with Crippen LogP contribution in [-0.4, -0.2) is 33.5 Å². The second-order valence-electron chi connectivity index (χ2n) is 8.71. The van der Waals surface area contributed by atoms with E-state index in [2.05, 4.69) is 27.4 Å². The van der Waals surface area contributed by atoms with Crippen LogP contribution in [0.1, 0.15) is 34.9 Å². The molecule has 33 heavy (non-hydrogen) atoms. The normalized spacial score (nSPS) is 17.4. The summed E-state index contributed by atoms with van der Waals surface area (Å²) in [4.78, 5) is 25.4. The Balaban J connectivity index is 1.22. The zero-order valence-electron chi connectivity index (χ0n) is 18.0. The number of hydrogen-bond acceptors (Lipinski definition) is 7. The van der Waals surface area contributed by atoms with Crippen molar-refractivity contribution in [3.63, 3.8) is 0 Å². The number of fused-ring (bicyclic) bond motifs is 2. The maximum atomic E-state index is 12.2. The van der Waals surface area contributed by atoms with Gasteiger partial charge in [0.2, 0.25) is 11.9 Å². The van der Waals surface area contributed by atoms with Gasteiger partial charge in [0.1, 0.15) is 10.8 Å². The van der Waals surface area contributed by atoms with Gasteiger partial charge >= 0.3 is 0 Å². The van der Waals surface area contributed by atoms with Crippen LogP contribution in [0.3, 0.4) is 0 Å². The molecule has 7 nitrogen and oxygen atoms in total. The smallest absolute Gasteiger partial charge is 0.224 e. The van der Waals surface area contributed by atoms with Gasteiger partial charge in [0.15, 0.2) is 0 Å². The largest absolute Gasteiger partial charge is 0.493 e. The number of nitrogens with two attached hydrogens (primary N) is 1. The first kappa shape index (κ1) is 20.1. The molecule has 2 aliphatic rings. The topological polar surface area (TPSA) is 103 Å². The van der Waals surface area contributed by atoms with Crippen LogP contribution in [0, 0.1) is 0 Å². The molecule has 3 heterocycles. The van der Waals surface area contributed by atoms with Crippen molar-refractivity contribution in [2.45, 2.75) is 37.6 Å². The lowest BCUT2D eigenvalue weighted by Crippen LogP contribution is -2.27. The average molecular weight is 458 g/mol. The van der Waals surface area contributed by atoms with Crippen LogP contribution < -0.4 is 15.8 Å². The first-order valence-corrected chi connectivity index (χ1v) is 12.0. The van der Waals surface area contributed by atoms with Crippen molar-refractivity contribution in [3.05, 3.63) is 64.8 Å². The van der Waals surface area contributed by atoms with E-state index in [1.807, 2.05) is 30.3 Å². The number of thiazole rings is 1. The highest BCUT2D eigenvalue weighted by Crippen LogP contribution is 2.37. The van der Waals surface area contributed by atoms with E-state index in [9.17, 15) is 4.79 Å². The number of nitrogen functional groups attached to an aromatic ring is 1. The standard InChI is InChI=1S/C25H23N5O2S/c26-25-27-8-7-19(30-25)15-2-5-20-22(12-15)33-24(29-20)17-11-16-9-14(1-6-21(16)32-13-17)10-23(31)28-18-3-4-18/h1-2,5-9,12,17-18H,3-4,10-11,13H2,(H,28,31)(H2,26,27,30). The highest BCUT2D eigenvalue weighted by Gasteiger charge is 2.26. The minimum Gasteiger partial charge on any atom is -0.493 e. The van der Waals surface area contributed by atoms with E-state index in [4.69, 9.17) is 15.5 Å². The van der Waals surface area contributed by atoms with Crippen LogP contribution in [0.25, 0.3) is 21.5 Å². The third-order valence-electron chi connectivity index (χ3n) is 6.06. The van der Waals surface area contributed by atoms with Crippen LogP contribution in [-0.2, 0) is 17.6 Å². The molecule has 0 bridgehead atoms. The quantitative estimate of drug-likeness (QED) is 0.472. The van der Waals surface area contributed by atoms with Gasteiger partial charge in [-0.3, -0.25) is 4.79 Å². The maximum Gasteiger partial charge on any atom is 0.224 e. The van der Waals surface area contributed by atoms with E-state index in [-0.39, 0.29) is 17.8 Å². The molecule has 2 aromatic heterocycles. The maximum absolute atomic E-state index is 12.2. The summed E-state index contributed by atoms with van der Waals surface area (Å²) in [5.74, 6) is 1.45. The van der Waals surface area contributed by atoms with E-state index >= 15 is 0 Å². The fourth-order valence-corrected chi connectivity index (χ4v) is 5.31. The molecule has 0 radical (unpaired) electrons. The number of anilines is 1. The van der Waals surface area contributed by atoms with Crippen molar-refractivity contribution in [2.75, 3.05) is 12.3 Å². The highest BCUT2D eigenvalue weighted by molar-refractivity contribution is 7.18. The number of carbonyl (C=O) groups excluding carboxylic acids is 1. The highest BCUT2D eigenvalue weighted by atomic mass is 32.1. The Morgan fingerprint density at radius 1 is 1.15 bits per heavy atom. The molecule has 1 saturated carbocycles. The van der Waals surface area contributed by atoms with E-state index in [0.29, 0.717) is 19.1 Å². The molecule has 8 heteroatoms. The molecule has 0 saturated heterocycles. The van der Waals surface area contributed by atoms with Crippen molar-refractivity contribution in [2.24, 2.45) is 0 Å². The second kappa shape index (κ2) is 8.12. The molecule has 2 aromatic carbocycles. The molecule has 1 fully saturated rings. The Hall–Kier alpha value is -3.52. The SMILES string of the molecule is Nc1nccc(-c2ccc3nc(C4COc5ccc(CC(=O)NC6CC6)cc5C4)sc3c2)n1. The number of rotatable bonds is 5. The Morgan fingerprint density at radius 2 is 2.06 bits per heavy atom. The van der Waals surface area contributed by atoms with Crippen molar-refractivity contribution in [1.82, 2.24) is 20.3 Å². The lowest BCUT2D eigenvalue weighted by molar-refractivity contribution is -0.120. The predicted octanol–water partition coefficient (Wildman–Crippen LogP) is 3.88. The van der Waals surface area contributed by atoms with Crippen molar-refractivity contribution >= 4 is 33.4 Å². The number of amides is 1. The number of ether oxygens (including phenoxy) is 1. The summed E-state index contributed by atoms with van der Waals surface area (Å²) in [5.41, 5.74) is 10.7. The molecule has 1 unspecified atom stereocenters. The third-order valence-corrected chi connectivity index (χ3v) is 7.24. The fourth-order valence-electron chi connectivity index (χ4n) is 4.22. The first-order valence-electron chi connectivity index (χ1n) is 11.1. The summed E-state index contributed by atoms with van der Waals surface area (Å²) in [5, 5.41) is 4.12. The molecular weight excluding hydrogens is 434 g/mol. The van der Waals surface area contributed by atoms with Gasteiger partial charge < -0.3 is 15.8 Å². The summed E-state index contributed by atoms with van der Waals surface area (Å²) in [6.07, 6.45) is 5.12. The van der Waals surface area contributed by atoms with Crippen molar-refractivity contribution in [1.29, 1.82) is 0 Å². The molecule has 1 aliphatic carbocycles. The molecule has 1 amide bonds. The predicted molar refractivity (Wildman–Crippen MR) is 128 cm³/mol. The minimum absolute atomic E-state index is 0.0955. The molecule has 1 aliphatic heterocycles. The lowest BCUT2D eigenvalue weighted by atomic mass is 9.95. The van der Waals surface area contributed by atoms with E-state index in [0.717, 1.165) is 62.6 Å². The number of carbonyl (C=O) groups is 1. The fraction of sp³-hybridized carbons (Fsp3) is 0.280. The van der Waals surface area contributed by atoms with Gasteiger partial charge in [-0.05, 0) is 54.7 Å². The molecule has 4 aromatic rings. The molecular formula is C25H23N5O2S. The number of nitrogens with one attached hydrogen (secondary N) is 1. The first-order chi connectivity index (χ1) is 16.1. The summed E-state index contributed by atoms with van der Waals surface area (Å²) in [7, 11) is 0. The minimum atomic E-state index is 0.0955. The zero-order chi connectivity index (χ0) is 22.4. The molecule has 6 rings (SSSR count). The van der Waals surface area contributed by atoms with Gasteiger partial charge in [-0.1, -0.05) is 18.2 Å². The van der Waals surface area contributed by atoms with Crippen LogP contribution in [0.5, 0.6) is 5.75 Å². The Kier molecular flexibility index (Phi) is 4.95. The van der Waals surface area contributed by atoms with Gasteiger partial charge in [-0.2, -0.15) is 0 Å². The number of aromatic nitrogens is 3. The Morgan fingerprint density at radius 3 is 2.91 bits per heavy atom. The second-order valence-corrected chi connectivity index (χ2v) is 9.77.